The zero-order valence-corrected chi connectivity index (χ0v) is 23.3. The number of piperidine rings is 1. The van der Waals surface area contributed by atoms with Crippen LogP contribution < -0.4 is 5.32 Å². The zero-order chi connectivity index (χ0) is 27.1. The lowest BCUT2D eigenvalue weighted by atomic mass is 9.80. The lowest BCUT2D eigenvalue weighted by Crippen LogP contribution is -2.53. The molecule has 0 aliphatic carbocycles. The van der Waals surface area contributed by atoms with Crippen molar-refractivity contribution in [3.05, 3.63) is 52.6 Å². The van der Waals surface area contributed by atoms with Gasteiger partial charge in [0, 0.05) is 45.4 Å². The summed E-state index contributed by atoms with van der Waals surface area (Å²) >= 11 is 8.15. The number of carbonyl (C=O) groups excluding carboxylic acids is 2. The van der Waals surface area contributed by atoms with Gasteiger partial charge in [0.1, 0.15) is 0 Å². The Morgan fingerprint density at radius 2 is 1.90 bits per heavy atom. The molecule has 2 fully saturated rings. The topological polar surface area (TPSA) is 94.3 Å². The van der Waals surface area contributed by atoms with Gasteiger partial charge in [-0.3, -0.25) is 24.4 Å². The highest BCUT2D eigenvalue weighted by molar-refractivity contribution is 7.19. The van der Waals surface area contributed by atoms with Gasteiger partial charge in [-0.1, -0.05) is 18.5 Å². The van der Waals surface area contributed by atoms with E-state index in [4.69, 9.17) is 11.6 Å². The number of aromatic nitrogens is 2. The van der Waals surface area contributed by atoms with Gasteiger partial charge in [0.15, 0.2) is 0 Å². The number of pyridine rings is 1. The Bertz CT molecular complexity index is 1610. The summed E-state index contributed by atoms with van der Waals surface area (Å²) in [4.78, 5) is 34.1. The van der Waals surface area contributed by atoms with Crippen LogP contribution in [0.1, 0.15) is 24.6 Å². The molecule has 2 aliphatic rings. The van der Waals surface area contributed by atoms with E-state index in [2.05, 4.69) is 33.2 Å². The predicted octanol–water partition coefficient (Wildman–Crippen LogP) is 4.66. The van der Waals surface area contributed by atoms with Crippen LogP contribution in [-0.4, -0.2) is 63.9 Å². The monoisotopic (exact) mass is 560 g/mol. The summed E-state index contributed by atoms with van der Waals surface area (Å²) < 4.78 is 3.17. The van der Waals surface area contributed by atoms with Crippen LogP contribution in [0, 0.1) is 16.7 Å². The van der Waals surface area contributed by atoms with Crippen molar-refractivity contribution in [2.75, 3.05) is 32.7 Å². The maximum atomic E-state index is 12.7. The number of carbonyl (C=O) groups is 2. The van der Waals surface area contributed by atoms with Crippen molar-refractivity contribution in [2.45, 2.75) is 32.9 Å². The van der Waals surface area contributed by atoms with E-state index in [0.717, 1.165) is 63.1 Å². The second kappa shape index (κ2) is 10.4. The van der Waals surface area contributed by atoms with Crippen LogP contribution in [0.4, 0.5) is 0 Å². The van der Waals surface area contributed by atoms with E-state index in [1.807, 2.05) is 36.1 Å². The Kier molecular flexibility index (Phi) is 6.89. The molecule has 0 saturated carbocycles. The molecule has 10 heteroatoms. The first kappa shape index (κ1) is 26.0. The second-order valence-electron chi connectivity index (χ2n) is 10.4. The number of piperazine rings is 1. The van der Waals surface area contributed by atoms with Crippen molar-refractivity contribution in [3.8, 4) is 17.2 Å². The summed E-state index contributed by atoms with van der Waals surface area (Å²) in [6, 6.07) is 12.6. The molecule has 0 atom stereocenters. The quantitative estimate of drug-likeness (QED) is 0.345. The lowest BCUT2D eigenvalue weighted by molar-refractivity contribution is -0.151. The molecule has 8 nitrogen and oxygen atoms in total. The normalized spacial score (nSPS) is 18.2. The molecule has 39 heavy (non-hydrogen) atoms. The summed E-state index contributed by atoms with van der Waals surface area (Å²) in [6.07, 6.45) is 5.46. The highest BCUT2D eigenvalue weighted by Gasteiger charge is 2.33. The third kappa shape index (κ3) is 4.83. The number of fused-ring (bicyclic) bond motifs is 2. The molecule has 0 bridgehead atoms. The van der Waals surface area contributed by atoms with E-state index >= 15 is 0 Å². The van der Waals surface area contributed by atoms with E-state index < -0.39 is 5.41 Å². The second-order valence-corrected chi connectivity index (χ2v) is 12.0. The molecule has 6 rings (SSSR count). The van der Waals surface area contributed by atoms with Gasteiger partial charge in [0.2, 0.25) is 11.8 Å². The van der Waals surface area contributed by atoms with Gasteiger partial charge in [-0.15, -0.1) is 11.3 Å². The van der Waals surface area contributed by atoms with E-state index in [1.54, 1.807) is 17.5 Å². The number of hydrogen-bond donors (Lipinski definition) is 1. The number of nitrogens with zero attached hydrogens (tertiary/aromatic N) is 5. The number of rotatable bonds is 6. The van der Waals surface area contributed by atoms with Crippen molar-refractivity contribution in [2.24, 2.45) is 5.41 Å². The highest BCUT2D eigenvalue weighted by atomic mass is 35.5. The third-order valence-corrected chi connectivity index (χ3v) is 9.29. The molecular formula is C29H29ClN6O2S. The minimum atomic E-state index is -0.418. The lowest BCUT2D eigenvalue weighted by Gasteiger charge is -2.32. The van der Waals surface area contributed by atoms with Gasteiger partial charge in [-0.25, -0.2) is 0 Å². The summed E-state index contributed by atoms with van der Waals surface area (Å²) in [7, 11) is 0. The molecular weight excluding hydrogens is 532 g/mol. The molecule has 0 radical (unpaired) electrons. The number of imide groups is 1. The largest absolute Gasteiger partial charge is 0.345 e. The van der Waals surface area contributed by atoms with Crippen LogP contribution in [0.15, 0.2) is 42.7 Å². The Labute approximate surface area is 235 Å². The van der Waals surface area contributed by atoms with Crippen molar-refractivity contribution in [3.63, 3.8) is 0 Å². The van der Waals surface area contributed by atoms with E-state index in [-0.39, 0.29) is 31.4 Å². The molecule has 2 amide bonds. The van der Waals surface area contributed by atoms with Gasteiger partial charge in [-0.05, 0) is 62.8 Å². The fraction of sp³-hybridized carbons (Fsp3) is 0.379. The van der Waals surface area contributed by atoms with Crippen molar-refractivity contribution in [1.82, 2.24) is 24.7 Å². The Morgan fingerprint density at radius 1 is 1.13 bits per heavy atom. The molecule has 3 aromatic heterocycles. The first-order chi connectivity index (χ1) is 18.9. The van der Waals surface area contributed by atoms with Crippen LogP contribution in [0.2, 0.25) is 5.02 Å². The highest BCUT2D eigenvalue weighted by Crippen LogP contribution is 2.41. The molecule has 4 aromatic rings. The molecule has 1 aromatic carbocycles. The van der Waals surface area contributed by atoms with E-state index in [0.29, 0.717) is 18.1 Å². The average Bonchev–Trinajstić information content (AvgIpc) is 3.54. The van der Waals surface area contributed by atoms with Gasteiger partial charge in [-0.2, -0.15) is 5.26 Å². The first-order valence-corrected chi connectivity index (χ1v) is 14.4. The van der Waals surface area contributed by atoms with Gasteiger partial charge in [0.05, 0.1) is 46.9 Å². The Balaban J connectivity index is 1.40. The maximum Gasteiger partial charge on any atom is 0.243 e. The van der Waals surface area contributed by atoms with Gasteiger partial charge >= 0.3 is 0 Å². The summed E-state index contributed by atoms with van der Waals surface area (Å²) in [6.45, 7) is 5.67. The Morgan fingerprint density at radius 3 is 2.62 bits per heavy atom. The van der Waals surface area contributed by atoms with Crippen molar-refractivity contribution >= 4 is 55.9 Å². The summed E-state index contributed by atoms with van der Waals surface area (Å²) in [5, 5.41) is 15.1. The number of hydrogen-bond acceptors (Lipinski definition) is 7. The standard InChI is InChI=1S/C29H29ClN6O2S/c1-2-34-15-25(37)36(26(38)16-34)14-21-13-24-28(39-21)22(3-7-33-24)23-12-20(30)11-19-4-10-35(27(19)23)18-29(17-31)5-8-32-9-6-29/h3-4,7,10-13,32H,2,5-6,8-9,14-16,18H2,1H3. The number of amides is 2. The maximum absolute atomic E-state index is 12.7. The molecule has 5 heterocycles. The Hall–Kier alpha value is -3.29. The summed E-state index contributed by atoms with van der Waals surface area (Å²) in [5.74, 6) is -0.338. The minimum Gasteiger partial charge on any atom is -0.345 e. The third-order valence-electron chi connectivity index (χ3n) is 7.93. The van der Waals surface area contributed by atoms with Gasteiger partial charge in [0.25, 0.3) is 0 Å². The zero-order valence-electron chi connectivity index (χ0n) is 21.7. The van der Waals surface area contributed by atoms with E-state index in [9.17, 15) is 14.9 Å². The van der Waals surface area contributed by atoms with Crippen LogP contribution in [0.25, 0.3) is 32.2 Å². The van der Waals surface area contributed by atoms with Crippen LogP contribution in [0.3, 0.4) is 0 Å². The SMILES string of the molecule is CCN1CC(=O)N(Cc2cc3nccc(-c4cc(Cl)cc5ccn(CC6(C#N)CCNCC6)c45)c3s2)C(=O)C1. The van der Waals surface area contributed by atoms with Crippen LogP contribution in [-0.2, 0) is 22.7 Å². The van der Waals surface area contributed by atoms with Crippen LogP contribution in [0.5, 0.6) is 0 Å². The number of benzene rings is 1. The molecule has 0 spiro atoms. The smallest absolute Gasteiger partial charge is 0.243 e. The molecule has 1 N–H and O–H groups in total. The minimum absolute atomic E-state index is 0.169. The fourth-order valence-electron chi connectivity index (χ4n) is 5.77. The molecule has 2 aliphatic heterocycles. The molecule has 0 unspecified atom stereocenters. The first-order valence-electron chi connectivity index (χ1n) is 13.2. The predicted molar refractivity (Wildman–Crippen MR) is 153 cm³/mol. The van der Waals surface area contributed by atoms with Crippen LogP contribution >= 0.6 is 22.9 Å². The molecule has 200 valence electrons. The van der Waals surface area contributed by atoms with E-state index in [1.165, 1.54) is 4.90 Å². The number of halogens is 1. The number of likely N-dealkylation sites (N-methyl/N-ethyl adjacent to an activating group) is 1. The summed E-state index contributed by atoms with van der Waals surface area (Å²) in [5.41, 5.74) is 3.41. The molecule has 2 saturated heterocycles. The number of nitriles is 1. The number of nitrogens with one attached hydrogen (secondary N) is 1. The van der Waals surface area contributed by atoms with Crippen molar-refractivity contribution < 1.29 is 9.59 Å². The fourth-order valence-corrected chi connectivity index (χ4v) is 7.13. The van der Waals surface area contributed by atoms with Gasteiger partial charge < -0.3 is 9.88 Å². The number of thiophene rings is 1. The average molecular weight is 561 g/mol. The van der Waals surface area contributed by atoms with Crippen molar-refractivity contribution in [1.29, 1.82) is 5.26 Å².